The molecular weight excluding hydrogens is 411 g/mol. The van der Waals surface area contributed by atoms with Crippen LogP contribution >= 0.6 is 22.9 Å². The number of urea groups is 1. The zero-order valence-corrected chi connectivity index (χ0v) is 16.6. The molecule has 5 N–H and O–H groups in total. The van der Waals surface area contributed by atoms with Crippen LogP contribution in [0.5, 0.6) is 0 Å². The second-order valence-electron chi connectivity index (χ2n) is 6.47. The molecule has 3 aromatic carbocycles. The predicted octanol–water partition coefficient (Wildman–Crippen LogP) is 5.28. The number of carbonyl (C=O) groups is 1. The van der Waals surface area contributed by atoms with E-state index in [9.17, 15) is 4.79 Å². The minimum absolute atomic E-state index is 0.152. The van der Waals surface area contributed by atoms with E-state index in [1.165, 1.54) is 11.3 Å². The zero-order valence-electron chi connectivity index (χ0n) is 15.0. The van der Waals surface area contributed by atoms with Crippen LogP contribution in [0.25, 0.3) is 10.2 Å². The van der Waals surface area contributed by atoms with Crippen molar-refractivity contribution in [3.63, 3.8) is 0 Å². The van der Waals surface area contributed by atoms with Gasteiger partial charge in [0, 0.05) is 11.3 Å². The van der Waals surface area contributed by atoms with Crippen LogP contribution in [0.4, 0.5) is 20.6 Å². The number of nitrogens with one attached hydrogen (secondary N) is 1. The molecule has 1 heterocycles. The van der Waals surface area contributed by atoms with Gasteiger partial charge >= 0.3 is 6.03 Å². The van der Waals surface area contributed by atoms with E-state index in [0.29, 0.717) is 16.8 Å². The Morgan fingerprint density at radius 3 is 2.55 bits per heavy atom. The zero-order chi connectivity index (χ0) is 20.6. The molecule has 1 aromatic heterocycles. The number of primary amides is 1. The van der Waals surface area contributed by atoms with Crippen LogP contribution in [0.2, 0.25) is 5.02 Å². The van der Waals surface area contributed by atoms with Crippen molar-refractivity contribution < 1.29 is 9.18 Å². The minimum atomic E-state index is -2.07. The van der Waals surface area contributed by atoms with Gasteiger partial charge in [-0.2, -0.15) is 0 Å². The molecule has 0 radical (unpaired) electrons. The Kier molecular flexibility index (Phi) is 4.86. The van der Waals surface area contributed by atoms with Crippen molar-refractivity contribution in [1.82, 2.24) is 4.98 Å². The van der Waals surface area contributed by atoms with E-state index in [1.54, 1.807) is 66.2 Å². The number of thiazole rings is 1. The second kappa shape index (κ2) is 7.35. The average molecular weight is 427 g/mol. The van der Waals surface area contributed by atoms with Crippen LogP contribution in [-0.4, -0.2) is 11.0 Å². The summed E-state index contributed by atoms with van der Waals surface area (Å²) in [5.74, 6) is 0. The molecule has 0 saturated heterocycles. The number of nitrogens with zero attached hydrogens (tertiary/aromatic N) is 1. The summed E-state index contributed by atoms with van der Waals surface area (Å²) in [5, 5.41) is 2.62. The van der Waals surface area contributed by atoms with Gasteiger partial charge < -0.3 is 16.8 Å². The van der Waals surface area contributed by atoms with Crippen molar-refractivity contribution in [2.45, 2.75) is 5.67 Å². The third kappa shape index (κ3) is 3.39. The third-order valence-corrected chi connectivity index (χ3v) is 5.89. The Hall–Kier alpha value is -3.16. The summed E-state index contributed by atoms with van der Waals surface area (Å²) >= 11 is 7.85. The van der Waals surface area contributed by atoms with E-state index in [0.717, 1.165) is 10.2 Å². The molecule has 0 aliphatic carbocycles. The largest absolute Gasteiger partial charge is 0.398 e. The summed E-state index contributed by atoms with van der Waals surface area (Å²) < 4.78 is 17.8. The fourth-order valence-electron chi connectivity index (χ4n) is 3.29. The fourth-order valence-corrected chi connectivity index (χ4v) is 4.26. The topological polar surface area (TPSA) is 94.0 Å². The highest BCUT2D eigenvalue weighted by molar-refractivity contribution is 7.16. The van der Waals surface area contributed by atoms with Gasteiger partial charge in [-0.15, -0.1) is 11.3 Å². The van der Waals surface area contributed by atoms with Crippen molar-refractivity contribution in [2.75, 3.05) is 11.1 Å². The molecule has 0 saturated carbocycles. The Morgan fingerprint density at radius 2 is 1.83 bits per heavy atom. The molecule has 1 atom stereocenters. The lowest BCUT2D eigenvalue weighted by Crippen LogP contribution is -2.25. The van der Waals surface area contributed by atoms with Crippen molar-refractivity contribution in [3.05, 3.63) is 87.9 Å². The number of carbonyl (C=O) groups excluding carboxylic acids is 1. The molecule has 0 aliphatic heterocycles. The van der Waals surface area contributed by atoms with E-state index in [-0.39, 0.29) is 16.3 Å². The second-order valence-corrected chi connectivity index (χ2v) is 7.73. The molecule has 5 nitrogen and oxygen atoms in total. The Labute approximate surface area is 175 Å². The van der Waals surface area contributed by atoms with Crippen LogP contribution in [0, 0.1) is 0 Å². The lowest BCUT2D eigenvalue weighted by Gasteiger charge is -2.29. The van der Waals surface area contributed by atoms with E-state index in [1.807, 2.05) is 0 Å². The number of benzene rings is 3. The number of rotatable bonds is 4. The van der Waals surface area contributed by atoms with Crippen molar-refractivity contribution in [3.8, 4) is 0 Å². The average Bonchev–Trinajstić information content (AvgIpc) is 3.17. The number of nitrogen functional groups attached to an aromatic ring is 1. The molecule has 146 valence electrons. The van der Waals surface area contributed by atoms with Crippen LogP contribution < -0.4 is 16.8 Å². The van der Waals surface area contributed by atoms with Gasteiger partial charge in [0.15, 0.2) is 5.67 Å². The normalized spacial score (nSPS) is 13.2. The fraction of sp³-hybridized carbons (Fsp3) is 0.0476. The van der Waals surface area contributed by atoms with Gasteiger partial charge in [0.2, 0.25) is 0 Å². The van der Waals surface area contributed by atoms with Gasteiger partial charge in [-0.3, -0.25) is 0 Å². The number of aromatic nitrogens is 1. The number of amides is 2. The molecule has 1 unspecified atom stereocenters. The standard InChI is InChI=1S/C21H16ClFN4OS/c22-19-15(2-1-3-16(19)24)21(23,12-4-7-14(8-5-12)27-20(25)28)13-6-9-17-18(10-13)29-11-26-17/h1-11H,24H2,(H3,25,27,28). The Bertz CT molecular complexity index is 1210. The van der Waals surface area contributed by atoms with Crippen LogP contribution in [0.1, 0.15) is 16.7 Å². The first kappa shape index (κ1) is 19.2. The lowest BCUT2D eigenvalue weighted by atomic mass is 9.81. The van der Waals surface area contributed by atoms with Crippen LogP contribution in [0.3, 0.4) is 0 Å². The first-order chi connectivity index (χ1) is 13.9. The molecule has 29 heavy (non-hydrogen) atoms. The smallest absolute Gasteiger partial charge is 0.316 e. The number of hydrogen-bond acceptors (Lipinski definition) is 4. The molecule has 4 aromatic rings. The van der Waals surface area contributed by atoms with Crippen molar-refractivity contribution in [1.29, 1.82) is 0 Å². The molecule has 4 rings (SSSR count). The quantitative estimate of drug-likeness (QED) is 0.306. The molecule has 8 heteroatoms. The SMILES string of the molecule is NC(=O)Nc1ccc(C(F)(c2ccc3ncsc3c2)c2cccc(N)c2Cl)cc1. The molecular formula is C21H16ClFN4OS. The number of anilines is 2. The molecule has 0 bridgehead atoms. The summed E-state index contributed by atoms with van der Waals surface area (Å²) in [6.07, 6.45) is 0. The minimum Gasteiger partial charge on any atom is -0.398 e. The van der Waals surface area contributed by atoms with Gasteiger partial charge in [0.05, 0.1) is 26.4 Å². The molecule has 0 aliphatic rings. The van der Waals surface area contributed by atoms with Crippen LogP contribution in [-0.2, 0) is 5.67 Å². The first-order valence-electron chi connectivity index (χ1n) is 8.63. The number of fused-ring (bicyclic) bond motifs is 1. The predicted molar refractivity (Wildman–Crippen MR) is 116 cm³/mol. The van der Waals surface area contributed by atoms with Gasteiger partial charge in [-0.1, -0.05) is 41.9 Å². The van der Waals surface area contributed by atoms with Crippen molar-refractivity contribution in [2.24, 2.45) is 5.73 Å². The van der Waals surface area contributed by atoms with E-state index in [2.05, 4.69) is 10.3 Å². The summed E-state index contributed by atoms with van der Waals surface area (Å²) in [6.45, 7) is 0. The van der Waals surface area contributed by atoms with Gasteiger partial charge in [0.1, 0.15) is 0 Å². The summed E-state index contributed by atoms with van der Waals surface area (Å²) in [5.41, 5.74) is 13.3. The number of nitrogens with two attached hydrogens (primary N) is 2. The van der Waals surface area contributed by atoms with E-state index in [4.69, 9.17) is 23.1 Å². The van der Waals surface area contributed by atoms with Crippen LogP contribution in [0.15, 0.2) is 66.2 Å². The van der Waals surface area contributed by atoms with Crippen molar-refractivity contribution >= 4 is 50.6 Å². The molecule has 2 amide bonds. The lowest BCUT2D eigenvalue weighted by molar-refractivity contribution is 0.259. The number of alkyl halides is 1. The monoisotopic (exact) mass is 426 g/mol. The third-order valence-electron chi connectivity index (χ3n) is 4.68. The summed E-state index contributed by atoms with van der Waals surface area (Å²) in [7, 11) is 0. The van der Waals surface area contributed by atoms with E-state index < -0.39 is 11.7 Å². The maximum Gasteiger partial charge on any atom is 0.316 e. The number of hydrogen-bond donors (Lipinski definition) is 3. The summed E-state index contributed by atoms with van der Waals surface area (Å²) in [4.78, 5) is 15.3. The van der Waals surface area contributed by atoms with Gasteiger partial charge in [-0.05, 0) is 41.5 Å². The van der Waals surface area contributed by atoms with E-state index >= 15 is 4.39 Å². The maximum atomic E-state index is 17.0. The van der Waals surface area contributed by atoms with Gasteiger partial charge in [-0.25, -0.2) is 14.2 Å². The number of halogens is 2. The maximum absolute atomic E-state index is 17.0. The highest BCUT2D eigenvalue weighted by Crippen LogP contribution is 2.46. The highest BCUT2D eigenvalue weighted by Gasteiger charge is 2.39. The highest BCUT2D eigenvalue weighted by atomic mass is 35.5. The molecule has 0 fully saturated rings. The summed E-state index contributed by atoms with van der Waals surface area (Å²) in [6, 6.07) is 15.8. The first-order valence-corrected chi connectivity index (χ1v) is 9.89. The van der Waals surface area contributed by atoms with Gasteiger partial charge in [0.25, 0.3) is 0 Å². The Balaban J connectivity index is 1.93. The Morgan fingerprint density at radius 1 is 1.10 bits per heavy atom. The molecule has 0 spiro atoms.